The molecule has 0 aliphatic carbocycles. The van der Waals surface area contributed by atoms with Crippen molar-refractivity contribution in [3.05, 3.63) is 65.7 Å². The van der Waals surface area contributed by atoms with Crippen LogP contribution in [0.25, 0.3) is 11.1 Å². The molecule has 0 amide bonds. The van der Waals surface area contributed by atoms with Crippen molar-refractivity contribution in [3.63, 3.8) is 0 Å². The second-order valence-electron chi connectivity index (χ2n) is 4.36. The van der Waals surface area contributed by atoms with Crippen molar-refractivity contribution in [2.45, 2.75) is 6.61 Å². The number of nitrogens with zero attached hydrogens (tertiary/aromatic N) is 1. The summed E-state index contributed by atoms with van der Waals surface area (Å²) in [6, 6.07) is 18.3. The Labute approximate surface area is 121 Å². The quantitative estimate of drug-likeness (QED) is 0.787. The number of hydrogen-bond donors (Lipinski definition) is 1. The summed E-state index contributed by atoms with van der Waals surface area (Å²) in [5.41, 5.74) is 8.82. The van der Waals surface area contributed by atoms with Gasteiger partial charge in [-0.2, -0.15) is 0 Å². The number of aromatic nitrogens is 1. The Morgan fingerprint density at radius 2 is 1.65 bits per heavy atom. The first-order valence-corrected chi connectivity index (χ1v) is 7.17. The van der Waals surface area contributed by atoms with Gasteiger partial charge in [0.15, 0.2) is 5.13 Å². The van der Waals surface area contributed by atoms with E-state index in [4.69, 9.17) is 10.5 Å². The Kier molecular flexibility index (Phi) is 3.65. The van der Waals surface area contributed by atoms with Crippen molar-refractivity contribution in [1.29, 1.82) is 0 Å². The summed E-state index contributed by atoms with van der Waals surface area (Å²) in [6.07, 6.45) is 0. The zero-order valence-electron chi connectivity index (χ0n) is 10.8. The maximum Gasteiger partial charge on any atom is 0.180 e. The van der Waals surface area contributed by atoms with Gasteiger partial charge < -0.3 is 10.5 Å². The molecule has 20 heavy (non-hydrogen) atoms. The van der Waals surface area contributed by atoms with E-state index in [1.54, 1.807) is 0 Å². The molecule has 1 aromatic heterocycles. The topological polar surface area (TPSA) is 48.1 Å². The summed E-state index contributed by atoms with van der Waals surface area (Å²) in [6.45, 7) is 0.443. The largest absolute Gasteiger partial charge is 0.487 e. The van der Waals surface area contributed by atoms with Crippen LogP contribution in [-0.2, 0) is 6.61 Å². The number of benzene rings is 2. The minimum absolute atomic E-state index is 0.443. The minimum atomic E-state index is 0.443. The highest BCUT2D eigenvalue weighted by Gasteiger charge is 2.01. The number of thiazole rings is 1. The Morgan fingerprint density at radius 1 is 0.950 bits per heavy atom. The first kappa shape index (κ1) is 12.7. The molecule has 0 unspecified atom stereocenters. The fourth-order valence-corrected chi connectivity index (χ4v) is 2.47. The molecule has 0 atom stereocenters. The molecule has 3 rings (SSSR count). The Hall–Kier alpha value is -2.33. The van der Waals surface area contributed by atoms with Gasteiger partial charge in [0.05, 0.1) is 5.69 Å². The van der Waals surface area contributed by atoms with Crippen molar-refractivity contribution in [3.8, 4) is 16.9 Å². The fraction of sp³-hybridized carbons (Fsp3) is 0.0625. The first-order chi connectivity index (χ1) is 9.81. The van der Waals surface area contributed by atoms with Crippen LogP contribution >= 0.6 is 11.3 Å². The number of rotatable bonds is 4. The van der Waals surface area contributed by atoms with E-state index in [1.807, 2.05) is 35.7 Å². The van der Waals surface area contributed by atoms with Crippen LogP contribution in [0.5, 0.6) is 5.75 Å². The van der Waals surface area contributed by atoms with E-state index in [2.05, 4.69) is 29.2 Å². The monoisotopic (exact) mass is 282 g/mol. The summed E-state index contributed by atoms with van der Waals surface area (Å²) in [5, 5.41) is 2.48. The standard InChI is InChI=1S/C16H14N2OS/c17-16-18-14(11-20-16)10-19-15-8-6-13(7-9-15)12-4-2-1-3-5-12/h1-9,11H,10H2,(H2,17,18). The summed E-state index contributed by atoms with van der Waals surface area (Å²) < 4.78 is 5.68. The average molecular weight is 282 g/mol. The van der Waals surface area contributed by atoms with E-state index >= 15 is 0 Å². The maximum atomic E-state index is 5.68. The van der Waals surface area contributed by atoms with Crippen LogP contribution in [0.2, 0.25) is 0 Å². The zero-order chi connectivity index (χ0) is 13.8. The third-order valence-corrected chi connectivity index (χ3v) is 3.64. The highest BCUT2D eigenvalue weighted by molar-refractivity contribution is 7.13. The molecule has 3 nitrogen and oxygen atoms in total. The van der Waals surface area contributed by atoms with Crippen molar-refractivity contribution in [2.24, 2.45) is 0 Å². The van der Waals surface area contributed by atoms with E-state index in [0.717, 1.165) is 11.4 Å². The number of anilines is 1. The molecule has 0 aliphatic rings. The number of hydrogen-bond acceptors (Lipinski definition) is 4. The Bertz CT molecular complexity index is 677. The van der Waals surface area contributed by atoms with Crippen molar-refractivity contribution < 1.29 is 4.74 Å². The van der Waals surface area contributed by atoms with Gasteiger partial charge in [0.1, 0.15) is 12.4 Å². The second-order valence-corrected chi connectivity index (χ2v) is 5.25. The van der Waals surface area contributed by atoms with Crippen LogP contribution in [0.15, 0.2) is 60.0 Å². The predicted molar refractivity (Wildman–Crippen MR) is 82.7 cm³/mol. The third-order valence-electron chi connectivity index (χ3n) is 2.92. The Balaban J connectivity index is 1.67. The predicted octanol–water partition coefficient (Wildman–Crippen LogP) is 3.97. The molecule has 0 bridgehead atoms. The smallest absolute Gasteiger partial charge is 0.180 e. The number of ether oxygens (including phenoxy) is 1. The molecular formula is C16H14N2OS. The van der Waals surface area contributed by atoms with Crippen LogP contribution in [0.1, 0.15) is 5.69 Å². The highest BCUT2D eigenvalue weighted by Crippen LogP contribution is 2.22. The summed E-state index contributed by atoms with van der Waals surface area (Å²) >= 11 is 1.43. The molecular weight excluding hydrogens is 268 g/mol. The van der Waals surface area contributed by atoms with Crippen LogP contribution < -0.4 is 10.5 Å². The van der Waals surface area contributed by atoms with Gasteiger partial charge >= 0.3 is 0 Å². The van der Waals surface area contributed by atoms with E-state index in [9.17, 15) is 0 Å². The van der Waals surface area contributed by atoms with Crippen molar-refractivity contribution >= 4 is 16.5 Å². The van der Waals surface area contributed by atoms with Gasteiger partial charge in [0.2, 0.25) is 0 Å². The van der Waals surface area contributed by atoms with E-state index in [0.29, 0.717) is 11.7 Å². The molecule has 0 aliphatic heterocycles. The van der Waals surface area contributed by atoms with Gasteiger partial charge in [0.25, 0.3) is 0 Å². The lowest BCUT2D eigenvalue weighted by Crippen LogP contribution is -1.96. The molecule has 0 saturated heterocycles. The van der Waals surface area contributed by atoms with E-state index in [1.165, 1.54) is 22.5 Å². The lowest BCUT2D eigenvalue weighted by molar-refractivity contribution is 0.302. The molecule has 2 N–H and O–H groups in total. The first-order valence-electron chi connectivity index (χ1n) is 6.29. The molecule has 4 heteroatoms. The summed E-state index contributed by atoms with van der Waals surface area (Å²) in [4.78, 5) is 4.16. The van der Waals surface area contributed by atoms with E-state index < -0.39 is 0 Å². The maximum absolute atomic E-state index is 5.68. The van der Waals surface area contributed by atoms with Crippen molar-refractivity contribution in [2.75, 3.05) is 5.73 Å². The lowest BCUT2D eigenvalue weighted by Gasteiger charge is -2.06. The van der Waals surface area contributed by atoms with Crippen molar-refractivity contribution in [1.82, 2.24) is 4.98 Å². The molecule has 2 aromatic carbocycles. The minimum Gasteiger partial charge on any atom is -0.487 e. The molecule has 0 fully saturated rings. The van der Waals surface area contributed by atoms with Gasteiger partial charge in [-0.3, -0.25) is 0 Å². The molecule has 1 heterocycles. The number of nitrogens with two attached hydrogens (primary N) is 1. The lowest BCUT2D eigenvalue weighted by atomic mass is 10.1. The van der Waals surface area contributed by atoms with Gasteiger partial charge in [-0.15, -0.1) is 11.3 Å². The van der Waals surface area contributed by atoms with E-state index in [-0.39, 0.29) is 0 Å². The molecule has 0 saturated carbocycles. The average Bonchev–Trinajstić information content (AvgIpc) is 2.92. The molecule has 3 aromatic rings. The third kappa shape index (κ3) is 2.97. The van der Waals surface area contributed by atoms with Crippen LogP contribution in [0.4, 0.5) is 5.13 Å². The van der Waals surface area contributed by atoms with Crippen LogP contribution in [0.3, 0.4) is 0 Å². The number of nitrogen functional groups attached to an aromatic ring is 1. The van der Waals surface area contributed by atoms with Gasteiger partial charge in [-0.05, 0) is 23.3 Å². The molecule has 0 radical (unpaired) electrons. The normalized spacial score (nSPS) is 10.4. The SMILES string of the molecule is Nc1nc(COc2ccc(-c3ccccc3)cc2)cs1. The molecule has 0 spiro atoms. The van der Waals surface area contributed by atoms with Gasteiger partial charge in [0, 0.05) is 5.38 Å². The zero-order valence-corrected chi connectivity index (χ0v) is 11.6. The van der Waals surface area contributed by atoms with Crippen LogP contribution in [-0.4, -0.2) is 4.98 Å². The highest BCUT2D eigenvalue weighted by atomic mass is 32.1. The summed E-state index contributed by atoms with van der Waals surface area (Å²) in [5.74, 6) is 0.830. The Morgan fingerprint density at radius 3 is 2.30 bits per heavy atom. The van der Waals surface area contributed by atoms with Crippen LogP contribution in [0, 0.1) is 0 Å². The summed E-state index contributed by atoms with van der Waals surface area (Å²) in [7, 11) is 0. The molecule has 100 valence electrons. The second kappa shape index (κ2) is 5.75. The van der Waals surface area contributed by atoms with Gasteiger partial charge in [-0.25, -0.2) is 4.98 Å². The fourth-order valence-electron chi connectivity index (χ4n) is 1.92. The van der Waals surface area contributed by atoms with Gasteiger partial charge in [-0.1, -0.05) is 42.5 Å².